The summed E-state index contributed by atoms with van der Waals surface area (Å²) in [5, 5.41) is 0. The number of nitrogens with two attached hydrogens (primary N) is 1. The standard InChI is InChI=1S/C16H12F2N2O2/c1-20-14-5-9(17)2-3-12(14)13-4-10(18)6-15-16(13)22-11(7-19)8-21-15/h2-6,11H,7-8,19H2/t11-/m0/s1. The molecule has 0 radical (unpaired) electrons. The van der Waals surface area contributed by atoms with Gasteiger partial charge in [0.15, 0.2) is 17.2 Å². The number of ether oxygens (including phenoxy) is 2. The van der Waals surface area contributed by atoms with Crippen molar-refractivity contribution in [2.75, 3.05) is 13.2 Å². The van der Waals surface area contributed by atoms with Gasteiger partial charge >= 0.3 is 0 Å². The highest BCUT2D eigenvalue weighted by Crippen LogP contribution is 2.44. The first-order valence-corrected chi connectivity index (χ1v) is 6.63. The maximum atomic E-state index is 13.8. The van der Waals surface area contributed by atoms with E-state index in [2.05, 4.69) is 4.85 Å². The van der Waals surface area contributed by atoms with Crippen molar-refractivity contribution < 1.29 is 18.3 Å². The lowest BCUT2D eigenvalue weighted by Gasteiger charge is -2.27. The highest BCUT2D eigenvalue weighted by molar-refractivity contribution is 5.84. The Kier molecular flexibility index (Phi) is 3.65. The van der Waals surface area contributed by atoms with Crippen molar-refractivity contribution in [2.45, 2.75) is 6.10 Å². The van der Waals surface area contributed by atoms with Crippen molar-refractivity contribution in [1.82, 2.24) is 0 Å². The van der Waals surface area contributed by atoms with Gasteiger partial charge in [0, 0.05) is 18.2 Å². The summed E-state index contributed by atoms with van der Waals surface area (Å²) < 4.78 is 38.3. The second kappa shape index (κ2) is 5.62. The number of benzene rings is 2. The first kappa shape index (κ1) is 14.3. The van der Waals surface area contributed by atoms with Crippen LogP contribution in [0.4, 0.5) is 14.5 Å². The van der Waals surface area contributed by atoms with Crippen LogP contribution in [0.3, 0.4) is 0 Å². The molecule has 0 fully saturated rings. The molecule has 22 heavy (non-hydrogen) atoms. The molecule has 1 aliphatic rings. The SMILES string of the molecule is [C-]#[N+]c1cc(F)ccc1-c1cc(F)cc2c1O[C@@H](CN)CO2. The fourth-order valence-corrected chi connectivity index (χ4v) is 2.32. The van der Waals surface area contributed by atoms with Gasteiger partial charge in [-0.15, -0.1) is 0 Å². The van der Waals surface area contributed by atoms with Gasteiger partial charge in [-0.3, -0.25) is 0 Å². The van der Waals surface area contributed by atoms with Gasteiger partial charge in [0.25, 0.3) is 0 Å². The number of nitrogens with zero attached hydrogens (tertiary/aromatic N) is 1. The Labute approximate surface area is 125 Å². The maximum absolute atomic E-state index is 13.8. The first-order valence-electron chi connectivity index (χ1n) is 6.63. The van der Waals surface area contributed by atoms with Crippen molar-refractivity contribution in [2.24, 2.45) is 5.73 Å². The summed E-state index contributed by atoms with van der Waals surface area (Å²) in [7, 11) is 0. The van der Waals surface area contributed by atoms with E-state index in [1.165, 1.54) is 24.3 Å². The molecule has 3 rings (SSSR count). The summed E-state index contributed by atoms with van der Waals surface area (Å²) in [5.41, 5.74) is 6.38. The minimum atomic E-state index is -0.531. The predicted molar refractivity (Wildman–Crippen MR) is 77.0 cm³/mol. The molecule has 6 heteroatoms. The lowest BCUT2D eigenvalue weighted by molar-refractivity contribution is 0.0971. The molecule has 0 spiro atoms. The fourth-order valence-electron chi connectivity index (χ4n) is 2.32. The van der Waals surface area contributed by atoms with Crippen LogP contribution in [0, 0.1) is 18.2 Å². The average molecular weight is 302 g/mol. The molecule has 0 aromatic heterocycles. The Morgan fingerprint density at radius 3 is 2.73 bits per heavy atom. The Hall–Kier alpha value is -2.65. The molecule has 2 aromatic rings. The molecule has 112 valence electrons. The van der Waals surface area contributed by atoms with Crippen molar-refractivity contribution in [1.29, 1.82) is 0 Å². The van der Waals surface area contributed by atoms with Crippen LogP contribution >= 0.6 is 0 Å². The Bertz CT molecular complexity index is 771. The molecule has 0 aliphatic carbocycles. The second-order valence-corrected chi connectivity index (χ2v) is 4.84. The minimum absolute atomic E-state index is 0.0753. The van der Waals surface area contributed by atoms with E-state index >= 15 is 0 Å². The largest absolute Gasteiger partial charge is 0.486 e. The molecule has 0 bridgehead atoms. The Morgan fingerprint density at radius 1 is 1.18 bits per heavy atom. The lowest BCUT2D eigenvalue weighted by Crippen LogP contribution is -2.36. The highest BCUT2D eigenvalue weighted by atomic mass is 19.1. The molecule has 4 nitrogen and oxygen atoms in total. The predicted octanol–water partition coefficient (Wildman–Crippen LogP) is 3.28. The average Bonchev–Trinajstić information content (AvgIpc) is 2.53. The van der Waals surface area contributed by atoms with Gasteiger partial charge in [-0.2, -0.15) is 0 Å². The van der Waals surface area contributed by atoms with Crippen LogP contribution in [0.15, 0.2) is 30.3 Å². The van der Waals surface area contributed by atoms with Gasteiger partial charge in [0.1, 0.15) is 24.3 Å². The van der Waals surface area contributed by atoms with E-state index in [4.69, 9.17) is 21.8 Å². The molecule has 1 heterocycles. The number of hydrogen-bond donors (Lipinski definition) is 1. The van der Waals surface area contributed by atoms with E-state index in [1.807, 2.05) is 0 Å². The third-order valence-electron chi connectivity index (χ3n) is 3.36. The van der Waals surface area contributed by atoms with Gasteiger partial charge in [-0.25, -0.2) is 13.6 Å². The third-order valence-corrected chi connectivity index (χ3v) is 3.36. The van der Waals surface area contributed by atoms with Crippen LogP contribution in [-0.2, 0) is 0 Å². The number of fused-ring (bicyclic) bond motifs is 1. The summed E-state index contributed by atoms with van der Waals surface area (Å²) in [6.07, 6.45) is -0.353. The van der Waals surface area contributed by atoms with Gasteiger partial charge in [0.2, 0.25) is 0 Å². The van der Waals surface area contributed by atoms with Crippen LogP contribution in [0.5, 0.6) is 11.5 Å². The van der Waals surface area contributed by atoms with Crippen LogP contribution in [0.2, 0.25) is 0 Å². The van der Waals surface area contributed by atoms with Crippen molar-refractivity contribution in [3.05, 3.63) is 53.4 Å². The zero-order chi connectivity index (χ0) is 15.7. The summed E-state index contributed by atoms with van der Waals surface area (Å²) in [6, 6.07) is 6.19. The van der Waals surface area contributed by atoms with Crippen LogP contribution in [0.25, 0.3) is 16.0 Å². The molecule has 2 aromatic carbocycles. The maximum Gasteiger partial charge on any atom is 0.197 e. The van der Waals surface area contributed by atoms with Crippen molar-refractivity contribution in [3.63, 3.8) is 0 Å². The molecule has 1 aliphatic heterocycles. The molecule has 0 saturated carbocycles. The zero-order valence-electron chi connectivity index (χ0n) is 11.5. The van der Waals surface area contributed by atoms with Gasteiger partial charge in [-0.05, 0) is 23.8 Å². The van der Waals surface area contributed by atoms with E-state index < -0.39 is 11.6 Å². The van der Waals surface area contributed by atoms with Gasteiger partial charge < -0.3 is 15.2 Å². The van der Waals surface area contributed by atoms with Crippen LogP contribution < -0.4 is 15.2 Å². The summed E-state index contributed by atoms with van der Waals surface area (Å²) in [6.45, 7) is 7.65. The fraction of sp³-hybridized carbons (Fsp3) is 0.188. The number of rotatable bonds is 2. The molecule has 0 amide bonds. The van der Waals surface area contributed by atoms with Crippen LogP contribution in [0.1, 0.15) is 0 Å². The molecule has 0 saturated heterocycles. The summed E-state index contributed by atoms with van der Waals surface area (Å²) in [4.78, 5) is 3.29. The molecule has 0 unspecified atom stereocenters. The van der Waals surface area contributed by atoms with E-state index in [0.717, 1.165) is 6.07 Å². The quantitative estimate of drug-likeness (QED) is 0.866. The number of hydrogen-bond acceptors (Lipinski definition) is 3. The van der Waals surface area contributed by atoms with Gasteiger partial charge in [0.05, 0.1) is 6.57 Å². The first-order chi connectivity index (χ1) is 10.6. The van der Waals surface area contributed by atoms with Crippen molar-refractivity contribution in [3.8, 4) is 22.6 Å². The van der Waals surface area contributed by atoms with Crippen molar-refractivity contribution >= 4 is 5.69 Å². The van der Waals surface area contributed by atoms with E-state index in [1.54, 1.807) is 0 Å². The topological polar surface area (TPSA) is 48.8 Å². The van der Waals surface area contributed by atoms with Gasteiger partial charge in [-0.1, -0.05) is 6.07 Å². The normalized spacial score (nSPS) is 16.2. The van der Waals surface area contributed by atoms with Crippen LogP contribution in [-0.4, -0.2) is 19.3 Å². The second-order valence-electron chi connectivity index (χ2n) is 4.84. The highest BCUT2D eigenvalue weighted by Gasteiger charge is 2.25. The van der Waals surface area contributed by atoms with E-state index in [-0.39, 0.29) is 30.7 Å². The van der Waals surface area contributed by atoms with E-state index in [9.17, 15) is 8.78 Å². The number of halogens is 2. The molecule has 1 atom stereocenters. The Morgan fingerprint density at radius 2 is 2.00 bits per heavy atom. The molecular formula is C16H12F2N2O2. The smallest absolute Gasteiger partial charge is 0.197 e. The minimum Gasteiger partial charge on any atom is -0.486 e. The third kappa shape index (κ3) is 2.47. The monoisotopic (exact) mass is 302 g/mol. The zero-order valence-corrected chi connectivity index (χ0v) is 11.5. The lowest BCUT2D eigenvalue weighted by atomic mass is 10.0. The summed E-state index contributed by atoms with van der Waals surface area (Å²) >= 11 is 0. The molecular weight excluding hydrogens is 290 g/mol. The summed E-state index contributed by atoms with van der Waals surface area (Å²) in [5.74, 6) is -0.486. The van der Waals surface area contributed by atoms with E-state index in [0.29, 0.717) is 16.9 Å². The molecule has 2 N–H and O–H groups in total. The Balaban J connectivity index is 2.20.